The first-order chi connectivity index (χ1) is 11.3. The number of para-hydroxylation sites is 1. The summed E-state index contributed by atoms with van der Waals surface area (Å²) in [6.07, 6.45) is 9.93. The Balaban J connectivity index is 0.000000505. The Kier molecular flexibility index (Phi) is 9.56. The van der Waals surface area contributed by atoms with E-state index in [-0.39, 0.29) is 5.79 Å². The number of rotatable bonds is 9. The van der Waals surface area contributed by atoms with Crippen molar-refractivity contribution in [2.24, 2.45) is 0 Å². The lowest BCUT2D eigenvalue weighted by atomic mass is 9.99. The lowest BCUT2D eigenvalue weighted by molar-refractivity contribution is -0.267. The highest BCUT2D eigenvalue weighted by Gasteiger charge is 2.40. The van der Waals surface area contributed by atoms with Gasteiger partial charge in [0.05, 0.1) is 6.61 Å². The van der Waals surface area contributed by atoms with Gasteiger partial charge in [0, 0.05) is 12.8 Å². The van der Waals surface area contributed by atoms with Gasteiger partial charge in [0.15, 0.2) is 0 Å². The van der Waals surface area contributed by atoms with Crippen LogP contribution in [-0.4, -0.2) is 27.1 Å². The first-order valence-electron chi connectivity index (χ1n) is 8.51. The molecule has 6 nitrogen and oxygen atoms in total. The molecule has 1 atom stereocenters. The van der Waals surface area contributed by atoms with Crippen molar-refractivity contribution in [1.82, 2.24) is 0 Å². The highest BCUT2D eigenvalue weighted by Crippen LogP contribution is 2.34. The second-order valence-electron chi connectivity index (χ2n) is 5.96. The van der Waals surface area contributed by atoms with E-state index in [0.29, 0.717) is 0 Å². The third-order valence-corrected chi connectivity index (χ3v) is 3.81. The third-order valence-electron chi connectivity index (χ3n) is 3.81. The van der Waals surface area contributed by atoms with E-state index < -0.39 is 7.82 Å². The van der Waals surface area contributed by atoms with Crippen LogP contribution in [0, 0.1) is 0 Å². The largest absolute Gasteiger partial charge is 0.466 e. The predicted molar refractivity (Wildman–Crippen MR) is 92.6 cm³/mol. The molecule has 138 valence electrons. The summed E-state index contributed by atoms with van der Waals surface area (Å²) < 4.78 is 20.7. The molecule has 7 heteroatoms. The van der Waals surface area contributed by atoms with Crippen LogP contribution in [0.1, 0.15) is 58.3 Å². The number of phosphoric acid groups is 1. The van der Waals surface area contributed by atoms with Gasteiger partial charge in [-0.1, -0.05) is 57.2 Å². The minimum absolute atomic E-state index is 0.327. The fourth-order valence-corrected chi connectivity index (χ4v) is 2.54. The summed E-state index contributed by atoms with van der Waals surface area (Å²) in [6.45, 7) is 3.09. The van der Waals surface area contributed by atoms with Gasteiger partial charge in [0.1, 0.15) is 5.75 Å². The maximum atomic E-state index is 8.88. The Hall–Kier alpha value is -0.910. The van der Waals surface area contributed by atoms with E-state index in [1.54, 1.807) is 0 Å². The zero-order valence-corrected chi connectivity index (χ0v) is 15.2. The summed E-state index contributed by atoms with van der Waals surface area (Å²) in [6, 6.07) is 10.0. The third kappa shape index (κ3) is 10.1. The molecule has 0 spiro atoms. The first kappa shape index (κ1) is 21.1. The van der Waals surface area contributed by atoms with Crippen molar-refractivity contribution in [3.8, 4) is 5.75 Å². The van der Waals surface area contributed by atoms with Crippen LogP contribution in [0.3, 0.4) is 0 Å². The number of ether oxygens (including phenoxy) is 2. The van der Waals surface area contributed by atoms with E-state index >= 15 is 0 Å². The molecule has 1 aromatic rings. The van der Waals surface area contributed by atoms with Crippen LogP contribution in [0.15, 0.2) is 30.3 Å². The molecule has 2 rings (SSSR count). The Morgan fingerprint density at radius 1 is 1.08 bits per heavy atom. The smallest absolute Gasteiger partial charge is 0.462 e. The van der Waals surface area contributed by atoms with Gasteiger partial charge in [0.25, 0.3) is 0 Å². The number of unbranched alkanes of at least 4 members (excludes halogenated alkanes) is 5. The fourth-order valence-electron chi connectivity index (χ4n) is 2.54. The van der Waals surface area contributed by atoms with Crippen LogP contribution in [-0.2, 0) is 9.30 Å². The molecule has 1 aliphatic rings. The molecular weight excluding hydrogens is 331 g/mol. The van der Waals surface area contributed by atoms with Crippen molar-refractivity contribution in [1.29, 1.82) is 0 Å². The fraction of sp³-hybridized carbons (Fsp3) is 0.647. The number of hydrogen-bond acceptors (Lipinski definition) is 3. The lowest BCUT2D eigenvalue weighted by Gasteiger charge is -2.41. The van der Waals surface area contributed by atoms with E-state index in [4.69, 9.17) is 28.7 Å². The monoisotopic (exact) mass is 360 g/mol. The average Bonchev–Trinajstić information content (AvgIpc) is 2.47. The van der Waals surface area contributed by atoms with E-state index in [1.807, 2.05) is 30.3 Å². The Labute approximate surface area is 144 Å². The summed E-state index contributed by atoms with van der Waals surface area (Å²) in [7, 11) is -4.64. The first-order valence-corrected chi connectivity index (χ1v) is 10.1. The Bertz CT molecular complexity index is 475. The molecule has 3 N–H and O–H groups in total. The van der Waals surface area contributed by atoms with Crippen molar-refractivity contribution < 1.29 is 28.7 Å². The molecule has 1 aromatic carbocycles. The molecule has 1 saturated heterocycles. The van der Waals surface area contributed by atoms with E-state index in [1.165, 1.54) is 38.5 Å². The predicted octanol–water partition coefficient (Wildman–Crippen LogP) is 4.00. The highest BCUT2D eigenvalue weighted by molar-refractivity contribution is 7.45. The minimum atomic E-state index is -4.64. The molecule has 0 bridgehead atoms. The second kappa shape index (κ2) is 10.9. The van der Waals surface area contributed by atoms with Crippen molar-refractivity contribution in [2.45, 2.75) is 64.1 Å². The maximum absolute atomic E-state index is 8.88. The molecule has 1 fully saturated rings. The van der Waals surface area contributed by atoms with Gasteiger partial charge in [-0.2, -0.15) is 0 Å². The average molecular weight is 360 g/mol. The van der Waals surface area contributed by atoms with Crippen molar-refractivity contribution in [3.63, 3.8) is 0 Å². The zero-order valence-electron chi connectivity index (χ0n) is 14.3. The summed E-state index contributed by atoms with van der Waals surface area (Å²) in [5.74, 6) is 0.597. The van der Waals surface area contributed by atoms with Gasteiger partial charge < -0.3 is 24.2 Å². The van der Waals surface area contributed by atoms with E-state index in [9.17, 15) is 0 Å². The number of benzene rings is 1. The van der Waals surface area contributed by atoms with Crippen molar-refractivity contribution >= 4 is 7.82 Å². The van der Waals surface area contributed by atoms with Crippen molar-refractivity contribution in [3.05, 3.63) is 30.3 Å². The summed E-state index contributed by atoms with van der Waals surface area (Å²) >= 11 is 0. The molecule has 0 radical (unpaired) electrons. The molecule has 1 unspecified atom stereocenters. The maximum Gasteiger partial charge on any atom is 0.466 e. The molecule has 0 amide bonds. The SMILES string of the molecule is CCCCCCCCC1(Oc2ccccc2)CCO1.O=P(O)(O)O. The molecular formula is C17H29O6P. The van der Waals surface area contributed by atoms with Crippen LogP contribution in [0.4, 0.5) is 0 Å². The van der Waals surface area contributed by atoms with Crippen LogP contribution >= 0.6 is 7.82 Å². The van der Waals surface area contributed by atoms with Gasteiger partial charge in [-0.25, -0.2) is 4.57 Å². The summed E-state index contributed by atoms with van der Waals surface area (Å²) in [4.78, 5) is 21.6. The Morgan fingerprint density at radius 3 is 2.12 bits per heavy atom. The second-order valence-corrected chi connectivity index (χ2v) is 6.98. The molecule has 24 heavy (non-hydrogen) atoms. The normalized spacial score (nSPS) is 19.8. The summed E-state index contributed by atoms with van der Waals surface area (Å²) in [5.41, 5.74) is 0. The highest BCUT2D eigenvalue weighted by atomic mass is 31.2. The topological polar surface area (TPSA) is 96.2 Å². The lowest BCUT2D eigenvalue weighted by Crippen LogP contribution is -2.48. The van der Waals surface area contributed by atoms with Crippen LogP contribution in [0.2, 0.25) is 0 Å². The van der Waals surface area contributed by atoms with E-state index in [0.717, 1.165) is 25.2 Å². The van der Waals surface area contributed by atoms with Gasteiger partial charge in [-0.05, 0) is 18.6 Å². The van der Waals surface area contributed by atoms with Crippen LogP contribution < -0.4 is 4.74 Å². The summed E-state index contributed by atoms with van der Waals surface area (Å²) in [5, 5.41) is 0. The molecule has 1 aliphatic heterocycles. The van der Waals surface area contributed by atoms with Gasteiger partial charge in [0.2, 0.25) is 5.79 Å². The Morgan fingerprint density at radius 2 is 1.62 bits per heavy atom. The molecule has 0 saturated carbocycles. The van der Waals surface area contributed by atoms with Gasteiger partial charge >= 0.3 is 7.82 Å². The minimum Gasteiger partial charge on any atom is -0.462 e. The van der Waals surface area contributed by atoms with Gasteiger partial charge in [-0.3, -0.25) is 0 Å². The standard InChI is InChI=1S/C17H26O2.H3O4P/c1-2-3-4-5-6-10-13-17(14-15-18-17)19-16-11-8-7-9-12-16;1-5(2,3)4/h7-9,11-12H,2-6,10,13-15H2,1H3;(H3,1,2,3,4). The van der Waals surface area contributed by atoms with Crippen LogP contribution in [0.25, 0.3) is 0 Å². The zero-order chi connectivity index (χ0) is 17.9. The van der Waals surface area contributed by atoms with E-state index in [2.05, 4.69) is 6.92 Å². The number of hydrogen-bond donors (Lipinski definition) is 3. The molecule has 0 aromatic heterocycles. The van der Waals surface area contributed by atoms with Crippen molar-refractivity contribution in [2.75, 3.05) is 6.61 Å². The molecule has 1 heterocycles. The van der Waals surface area contributed by atoms with Crippen LogP contribution in [0.5, 0.6) is 5.75 Å². The quantitative estimate of drug-likeness (QED) is 0.455. The van der Waals surface area contributed by atoms with Gasteiger partial charge in [-0.15, -0.1) is 0 Å². The molecule has 0 aliphatic carbocycles.